The first-order valence-corrected chi connectivity index (χ1v) is 6.94. The molecular formula is C13H20F3N3O. The van der Waals surface area contributed by atoms with Crippen LogP contribution in [-0.2, 0) is 4.79 Å². The van der Waals surface area contributed by atoms with Crippen LogP contribution < -0.4 is 5.32 Å². The number of nitrogens with zero attached hydrogens (tertiary/aromatic N) is 2. The Morgan fingerprint density at radius 2 is 2.05 bits per heavy atom. The Bertz CT molecular complexity index is 374. The molecule has 2 aliphatic rings. The lowest BCUT2D eigenvalue weighted by Crippen LogP contribution is -2.43. The summed E-state index contributed by atoms with van der Waals surface area (Å²) < 4.78 is 37.5. The molecule has 1 saturated heterocycles. The summed E-state index contributed by atoms with van der Waals surface area (Å²) in [5.41, 5.74) is -0.513. The van der Waals surface area contributed by atoms with Crippen molar-refractivity contribution >= 4 is 5.91 Å². The van der Waals surface area contributed by atoms with Gasteiger partial charge in [-0.05, 0) is 25.9 Å². The summed E-state index contributed by atoms with van der Waals surface area (Å²) in [5.74, 6) is -0.0793. The van der Waals surface area contributed by atoms with E-state index in [2.05, 4.69) is 10.2 Å². The van der Waals surface area contributed by atoms with Crippen LogP contribution in [0.15, 0.2) is 11.6 Å². The first-order valence-electron chi connectivity index (χ1n) is 6.94. The van der Waals surface area contributed by atoms with Gasteiger partial charge in [0.25, 0.3) is 0 Å². The molecule has 2 aliphatic heterocycles. The third kappa shape index (κ3) is 4.21. The van der Waals surface area contributed by atoms with Crippen molar-refractivity contribution in [1.82, 2.24) is 15.1 Å². The zero-order valence-electron chi connectivity index (χ0n) is 11.4. The minimum absolute atomic E-state index is 0.0692. The Balaban J connectivity index is 1.83. The van der Waals surface area contributed by atoms with Gasteiger partial charge in [-0.25, -0.2) is 0 Å². The smallest absolute Gasteiger partial charge is 0.338 e. The van der Waals surface area contributed by atoms with E-state index < -0.39 is 11.7 Å². The Morgan fingerprint density at radius 1 is 1.25 bits per heavy atom. The zero-order chi connectivity index (χ0) is 14.6. The number of carbonyl (C=O) groups is 1. The maximum absolute atomic E-state index is 12.5. The van der Waals surface area contributed by atoms with Gasteiger partial charge in [0.15, 0.2) is 0 Å². The monoisotopic (exact) mass is 291 g/mol. The van der Waals surface area contributed by atoms with Gasteiger partial charge >= 0.3 is 6.18 Å². The van der Waals surface area contributed by atoms with Crippen LogP contribution in [0, 0.1) is 0 Å². The van der Waals surface area contributed by atoms with Gasteiger partial charge in [0.05, 0.1) is 6.54 Å². The second-order valence-corrected chi connectivity index (χ2v) is 5.20. The van der Waals surface area contributed by atoms with E-state index in [0.717, 1.165) is 38.7 Å². The number of hydrogen-bond acceptors (Lipinski definition) is 3. The van der Waals surface area contributed by atoms with Crippen molar-refractivity contribution in [1.29, 1.82) is 0 Å². The summed E-state index contributed by atoms with van der Waals surface area (Å²) in [6.07, 6.45) is -2.24. The van der Waals surface area contributed by atoms with Gasteiger partial charge in [0.1, 0.15) is 0 Å². The van der Waals surface area contributed by atoms with Gasteiger partial charge in [0, 0.05) is 31.8 Å². The molecule has 2 heterocycles. The molecule has 0 aliphatic carbocycles. The molecule has 0 bridgehead atoms. The number of rotatable bonds is 2. The lowest BCUT2D eigenvalue weighted by molar-refractivity contribution is -0.133. The van der Waals surface area contributed by atoms with Gasteiger partial charge in [-0.1, -0.05) is 6.08 Å². The molecule has 0 aromatic heterocycles. The largest absolute Gasteiger partial charge is 0.412 e. The summed E-state index contributed by atoms with van der Waals surface area (Å²) in [6.45, 7) is 4.00. The number of nitrogens with one attached hydrogen (secondary N) is 1. The van der Waals surface area contributed by atoms with E-state index in [1.165, 1.54) is 4.90 Å². The summed E-state index contributed by atoms with van der Waals surface area (Å²) in [5, 5.41) is 3.25. The molecule has 1 amide bonds. The van der Waals surface area contributed by atoms with Crippen molar-refractivity contribution < 1.29 is 18.0 Å². The van der Waals surface area contributed by atoms with Crippen LogP contribution in [-0.4, -0.2) is 67.7 Å². The van der Waals surface area contributed by atoms with E-state index in [0.29, 0.717) is 6.54 Å². The third-order valence-electron chi connectivity index (χ3n) is 3.72. The average Bonchev–Trinajstić information content (AvgIpc) is 2.66. The fourth-order valence-corrected chi connectivity index (χ4v) is 2.50. The van der Waals surface area contributed by atoms with E-state index in [1.807, 2.05) is 0 Å². The Morgan fingerprint density at radius 3 is 2.70 bits per heavy atom. The normalized spacial score (nSPS) is 22.4. The summed E-state index contributed by atoms with van der Waals surface area (Å²) in [4.78, 5) is 15.7. The highest BCUT2D eigenvalue weighted by Crippen LogP contribution is 2.30. The van der Waals surface area contributed by atoms with E-state index in [4.69, 9.17) is 0 Å². The number of carbonyl (C=O) groups excluding carboxylic acids is 1. The number of halogens is 3. The van der Waals surface area contributed by atoms with E-state index in [1.54, 1.807) is 0 Å². The van der Waals surface area contributed by atoms with E-state index >= 15 is 0 Å². The third-order valence-corrected chi connectivity index (χ3v) is 3.72. The maximum Gasteiger partial charge on any atom is 0.412 e. The highest BCUT2D eigenvalue weighted by Gasteiger charge is 2.35. The molecule has 1 fully saturated rings. The fourth-order valence-electron chi connectivity index (χ4n) is 2.50. The molecule has 4 nitrogen and oxygen atoms in total. The van der Waals surface area contributed by atoms with Crippen molar-refractivity contribution in [3.8, 4) is 0 Å². The van der Waals surface area contributed by atoms with Gasteiger partial charge in [-0.2, -0.15) is 13.2 Å². The topological polar surface area (TPSA) is 35.6 Å². The molecule has 114 valence electrons. The summed E-state index contributed by atoms with van der Waals surface area (Å²) in [7, 11) is 0. The standard InChI is InChI=1S/C13H20F3N3O/c14-13(15,16)11-2-7-19(8-3-11)12(20)10-18-6-1-4-17-5-9-18/h2,17H,1,3-10H2. The fraction of sp³-hybridized carbons (Fsp3) is 0.769. The second-order valence-electron chi connectivity index (χ2n) is 5.20. The summed E-state index contributed by atoms with van der Waals surface area (Å²) in [6, 6.07) is 0. The molecule has 20 heavy (non-hydrogen) atoms. The van der Waals surface area contributed by atoms with Crippen molar-refractivity contribution in [2.24, 2.45) is 0 Å². The lowest BCUT2D eigenvalue weighted by Gasteiger charge is -2.29. The maximum atomic E-state index is 12.5. The molecule has 0 radical (unpaired) electrons. The van der Waals surface area contributed by atoms with Crippen LogP contribution in [0.25, 0.3) is 0 Å². The molecular weight excluding hydrogens is 271 g/mol. The van der Waals surface area contributed by atoms with E-state index in [-0.39, 0.29) is 25.4 Å². The van der Waals surface area contributed by atoms with Crippen LogP contribution in [0.3, 0.4) is 0 Å². The Kier molecular flexibility index (Phi) is 5.04. The van der Waals surface area contributed by atoms with Crippen molar-refractivity contribution in [2.45, 2.75) is 19.0 Å². The molecule has 0 atom stereocenters. The first-order chi connectivity index (χ1) is 9.47. The molecule has 7 heteroatoms. The van der Waals surface area contributed by atoms with Crippen LogP contribution >= 0.6 is 0 Å². The summed E-state index contributed by atoms with van der Waals surface area (Å²) >= 11 is 0. The quantitative estimate of drug-likeness (QED) is 0.771. The van der Waals surface area contributed by atoms with Crippen LogP contribution in [0.1, 0.15) is 12.8 Å². The number of hydrogen-bond donors (Lipinski definition) is 1. The predicted molar refractivity (Wildman–Crippen MR) is 69.3 cm³/mol. The first kappa shape index (κ1) is 15.3. The molecule has 0 aromatic carbocycles. The minimum Gasteiger partial charge on any atom is -0.338 e. The van der Waals surface area contributed by atoms with Crippen molar-refractivity contribution in [3.05, 3.63) is 11.6 Å². The van der Waals surface area contributed by atoms with Gasteiger partial charge < -0.3 is 10.2 Å². The molecule has 0 saturated carbocycles. The van der Waals surface area contributed by atoms with Gasteiger partial charge in [-0.3, -0.25) is 9.69 Å². The minimum atomic E-state index is -4.26. The highest BCUT2D eigenvalue weighted by molar-refractivity contribution is 5.78. The zero-order valence-corrected chi connectivity index (χ0v) is 11.4. The molecule has 2 rings (SSSR count). The van der Waals surface area contributed by atoms with Crippen LogP contribution in [0.2, 0.25) is 0 Å². The number of amides is 1. The predicted octanol–water partition coefficient (Wildman–Crippen LogP) is 1.00. The highest BCUT2D eigenvalue weighted by atomic mass is 19.4. The van der Waals surface area contributed by atoms with Crippen molar-refractivity contribution in [3.63, 3.8) is 0 Å². The number of alkyl halides is 3. The van der Waals surface area contributed by atoms with Gasteiger partial charge in [-0.15, -0.1) is 0 Å². The molecule has 1 N–H and O–H groups in total. The van der Waals surface area contributed by atoms with Crippen LogP contribution in [0.4, 0.5) is 13.2 Å². The second kappa shape index (κ2) is 6.58. The Hall–Kier alpha value is -1.08. The lowest BCUT2D eigenvalue weighted by atomic mass is 10.1. The van der Waals surface area contributed by atoms with E-state index in [9.17, 15) is 18.0 Å². The molecule has 0 spiro atoms. The molecule has 0 unspecified atom stereocenters. The SMILES string of the molecule is O=C(CN1CCCNCC1)N1CC=C(C(F)(F)F)CC1. The van der Waals surface area contributed by atoms with Gasteiger partial charge in [0.2, 0.25) is 5.91 Å². The molecule has 0 aromatic rings. The van der Waals surface area contributed by atoms with Crippen LogP contribution in [0.5, 0.6) is 0 Å². The average molecular weight is 291 g/mol. The van der Waals surface area contributed by atoms with Crippen molar-refractivity contribution in [2.75, 3.05) is 45.8 Å². The Labute approximate surface area is 116 Å².